The predicted octanol–water partition coefficient (Wildman–Crippen LogP) is 4.20. The molecule has 2 aromatic carbocycles. The fraction of sp³-hybridized carbons (Fsp3) is 0.136. The average Bonchev–Trinajstić information content (AvgIpc) is 2.67. The molecule has 5 nitrogen and oxygen atoms in total. The van der Waals surface area contributed by atoms with Crippen molar-refractivity contribution in [3.63, 3.8) is 0 Å². The van der Waals surface area contributed by atoms with E-state index in [1.165, 1.54) is 11.8 Å². The number of carbonyl (C=O) groups is 2. The highest BCUT2D eigenvalue weighted by Gasteiger charge is 2.16. The minimum atomic E-state index is -0.538. The van der Waals surface area contributed by atoms with Crippen LogP contribution in [0.1, 0.15) is 21.6 Å². The molecule has 3 N–H and O–H groups in total. The Hall–Kier alpha value is -3.12. The molecule has 0 radical (unpaired) electrons. The number of aryl methyl sites for hydroxylation is 2. The smallest absolute Gasteiger partial charge is 0.251 e. The monoisotopic (exact) mass is 391 g/mol. The second-order valence-electron chi connectivity index (χ2n) is 6.41. The van der Waals surface area contributed by atoms with Crippen molar-refractivity contribution in [1.29, 1.82) is 0 Å². The quantitative estimate of drug-likeness (QED) is 0.617. The minimum absolute atomic E-state index is 0.136. The lowest BCUT2D eigenvalue weighted by atomic mass is 10.1. The van der Waals surface area contributed by atoms with Gasteiger partial charge in [-0.15, -0.1) is 0 Å². The Morgan fingerprint density at radius 1 is 1.00 bits per heavy atom. The van der Waals surface area contributed by atoms with Crippen LogP contribution in [0.2, 0.25) is 0 Å². The first kappa shape index (κ1) is 19.6. The minimum Gasteiger partial charge on any atom is -0.366 e. The zero-order valence-corrected chi connectivity index (χ0v) is 16.5. The van der Waals surface area contributed by atoms with E-state index in [9.17, 15) is 9.59 Å². The van der Waals surface area contributed by atoms with Gasteiger partial charge in [-0.05, 0) is 48.7 Å². The first-order valence-electron chi connectivity index (χ1n) is 8.80. The fourth-order valence-electron chi connectivity index (χ4n) is 2.91. The molecule has 0 atom stereocenters. The van der Waals surface area contributed by atoms with E-state index in [0.717, 1.165) is 22.4 Å². The molecule has 0 aliphatic rings. The Morgan fingerprint density at radius 3 is 2.29 bits per heavy atom. The van der Waals surface area contributed by atoms with E-state index in [0.29, 0.717) is 16.3 Å². The summed E-state index contributed by atoms with van der Waals surface area (Å²) < 4.78 is 0. The third kappa shape index (κ3) is 4.78. The summed E-state index contributed by atoms with van der Waals surface area (Å²) in [6.45, 7) is 3.66. The molecule has 0 spiro atoms. The van der Waals surface area contributed by atoms with Gasteiger partial charge in [-0.2, -0.15) is 0 Å². The largest absolute Gasteiger partial charge is 0.366 e. The molecule has 0 fully saturated rings. The van der Waals surface area contributed by atoms with Gasteiger partial charge < -0.3 is 11.1 Å². The number of nitrogens with zero attached hydrogens (tertiary/aromatic N) is 1. The molecule has 0 unspecified atom stereocenters. The number of amides is 2. The summed E-state index contributed by atoms with van der Waals surface area (Å²) in [5, 5.41) is 3.35. The topological polar surface area (TPSA) is 85.1 Å². The van der Waals surface area contributed by atoms with Crippen LogP contribution in [0.25, 0.3) is 11.1 Å². The van der Waals surface area contributed by atoms with Gasteiger partial charge in [-0.1, -0.05) is 54.2 Å². The highest BCUT2D eigenvalue weighted by atomic mass is 32.2. The summed E-state index contributed by atoms with van der Waals surface area (Å²) in [4.78, 5) is 28.4. The fourth-order valence-corrected chi connectivity index (χ4v) is 3.87. The van der Waals surface area contributed by atoms with Crippen LogP contribution in [0.15, 0.2) is 65.7 Å². The molecule has 0 bridgehead atoms. The Bertz CT molecular complexity index is 1000. The van der Waals surface area contributed by atoms with Crippen LogP contribution in [0.4, 0.5) is 5.69 Å². The lowest BCUT2D eigenvalue weighted by Gasteiger charge is -2.10. The van der Waals surface area contributed by atoms with Crippen LogP contribution in [0.5, 0.6) is 0 Å². The van der Waals surface area contributed by atoms with Crippen LogP contribution in [-0.4, -0.2) is 22.6 Å². The Morgan fingerprint density at radius 2 is 1.64 bits per heavy atom. The molecule has 1 aromatic heterocycles. The van der Waals surface area contributed by atoms with E-state index < -0.39 is 5.91 Å². The molecular weight excluding hydrogens is 370 g/mol. The third-order valence-electron chi connectivity index (χ3n) is 4.17. The number of benzene rings is 2. The van der Waals surface area contributed by atoms with Crippen LogP contribution < -0.4 is 11.1 Å². The van der Waals surface area contributed by atoms with Crippen molar-refractivity contribution < 1.29 is 9.59 Å². The van der Waals surface area contributed by atoms with Crippen LogP contribution in [-0.2, 0) is 4.79 Å². The molecule has 3 rings (SSSR count). The van der Waals surface area contributed by atoms with Gasteiger partial charge in [0.2, 0.25) is 5.91 Å². The van der Waals surface area contributed by atoms with Crippen molar-refractivity contribution in [2.24, 2.45) is 5.73 Å². The van der Waals surface area contributed by atoms with Gasteiger partial charge in [0.05, 0.1) is 11.3 Å². The molecule has 142 valence electrons. The lowest BCUT2D eigenvalue weighted by Crippen LogP contribution is -2.17. The van der Waals surface area contributed by atoms with Crippen molar-refractivity contribution in [1.82, 2.24) is 4.98 Å². The van der Waals surface area contributed by atoms with Gasteiger partial charge in [-0.25, -0.2) is 4.98 Å². The highest BCUT2D eigenvalue weighted by Crippen LogP contribution is 2.25. The summed E-state index contributed by atoms with van der Waals surface area (Å²) in [7, 11) is 0. The van der Waals surface area contributed by atoms with E-state index >= 15 is 0 Å². The molecular formula is C22H21N3O2S. The number of thioether (sulfide) groups is 1. The van der Waals surface area contributed by atoms with Crippen LogP contribution in [0, 0.1) is 13.8 Å². The second-order valence-corrected chi connectivity index (χ2v) is 7.37. The number of hydrogen-bond acceptors (Lipinski definition) is 4. The zero-order chi connectivity index (χ0) is 20.1. The van der Waals surface area contributed by atoms with E-state index in [4.69, 9.17) is 5.73 Å². The maximum Gasteiger partial charge on any atom is 0.251 e. The first-order valence-corrected chi connectivity index (χ1v) is 9.79. The number of nitrogens with one attached hydrogen (secondary N) is 1. The number of hydrogen-bond donors (Lipinski definition) is 2. The molecule has 0 aliphatic heterocycles. The highest BCUT2D eigenvalue weighted by molar-refractivity contribution is 8.00. The van der Waals surface area contributed by atoms with Gasteiger partial charge in [0.25, 0.3) is 5.91 Å². The van der Waals surface area contributed by atoms with Crippen molar-refractivity contribution in [3.05, 3.63) is 77.5 Å². The molecule has 2 amide bonds. The van der Waals surface area contributed by atoms with Crippen LogP contribution in [0.3, 0.4) is 0 Å². The first-order chi connectivity index (χ1) is 13.4. The van der Waals surface area contributed by atoms with Gasteiger partial charge in [0.1, 0.15) is 5.03 Å². The van der Waals surface area contributed by atoms with E-state index in [1.54, 1.807) is 6.07 Å². The zero-order valence-electron chi connectivity index (χ0n) is 15.7. The number of carbonyl (C=O) groups excluding carboxylic acids is 2. The maximum atomic E-state index is 12.3. The number of pyridine rings is 1. The number of anilines is 1. The number of aromatic nitrogens is 1. The third-order valence-corrected chi connectivity index (χ3v) is 5.15. The van der Waals surface area contributed by atoms with Gasteiger partial charge in [-0.3, -0.25) is 9.59 Å². The number of rotatable bonds is 6. The molecule has 0 saturated carbocycles. The molecule has 28 heavy (non-hydrogen) atoms. The molecule has 3 aromatic rings. The van der Waals surface area contributed by atoms with Crippen molar-refractivity contribution in [2.75, 3.05) is 11.1 Å². The molecule has 0 aliphatic carbocycles. The van der Waals surface area contributed by atoms with Gasteiger partial charge >= 0.3 is 0 Å². The predicted molar refractivity (Wildman–Crippen MR) is 113 cm³/mol. The number of nitrogens with two attached hydrogens (primary N) is 1. The Kier molecular flexibility index (Phi) is 6.11. The molecule has 1 heterocycles. The average molecular weight is 391 g/mol. The summed E-state index contributed by atoms with van der Waals surface area (Å²) in [6.07, 6.45) is 0. The van der Waals surface area contributed by atoms with E-state index in [1.807, 2.05) is 68.4 Å². The van der Waals surface area contributed by atoms with Gasteiger partial charge in [0, 0.05) is 11.4 Å². The summed E-state index contributed by atoms with van der Waals surface area (Å²) in [5.74, 6) is -0.574. The standard InChI is InChI=1S/C22H21N3O2S/c1-14-12-15(2)24-22(20(14)21(23)27)28-13-19(26)25-18-10-8-17(9-11-18)16-6-4-3-5-7-16/h3-12H,13H2,1-2H3,(H2,23,27)(H,25,26). The normalized spacial score (nSPS) is 10.5. The molecule has 6 heteroatoms. The Labute approximate surface area is 168 Å². The summed E-state index contributed by atoms with van der Waals surface area (Å²) in [5.41, 5.74) is 10.3. The molecule has 0 saturated heterocycles. The second kappa shape index (κ2) is 8.71. The maximum absolute atomic E-state index is 12.3. The van der Waals surface area contributed by atoms with E-state index in [2.05, 4.69) is 10.3 Å². The SMILES string of the molecule is Cc1cc(C)c(C(N)=O)c(SCC(=O)Nc2ccc(-c3ccccc3)cc2)n1. The van der Waals surface area contributed by atoms with Crippen LogP contribution >= 0.6 is 11.8 Å². The van der Waals surface area contributed by atoms with Crippen molar-refractivity contribution >= 4 is 29.3 Å². The van der Waals surface area contributed by atoms with Gasteiger partial charge in [0.15, 0.2) is 0 Å². The Balaban J connectivity index is 1.65. The van der Waals surface area contributed by atoms with Crippen molar-refractivity contribution in [2.45, 2.75) is 18.9 Å². The van der Waals surface area contributed by atoms with E-state index in [-0.39, 0.29) is 11.7 Å². The summed E-state index contributed by atoms with van der Waals surface area (Å²) in [6, 6.07) is 19.5. The number of primary amides is 1. The lowest BCUT2D eigenvalue weighted by molar-refractivity contribution is -0.113. The van der Waals surface area contributed by atoms with Crippen molar-refractivity contribution in [3.8, 4) is 11.1 Å². The summed E-state index contributed by atoms with van der Waals surface area (Å²) >= 11 is 1.21.